The van der Waals surface area contributed by atoms with Crippen LogP contribution < -0.4 is 10.6 Å². The van der Waals surface area contributed by atoms with Gasteiger partial charge < -0.3 is 10.6 Å². The van der Waals surface area contributed by atoms with E-state index in [0.29, 0.717) is 22.3 Å². The molecule has 0 saturated heterocycles. The molecule has 0 spiro atoms. The molecule has 1 unspecified atom stereocenters. The molecule has 1 aromatic carbocycles. The van der Waals surface area contributed by atoms with Crippen molar-refractivity contribution in [2.75, 3.05) is 11.9 Å². The summed E-state index contributed by atoms with van der Waals surface area (Å²) < 4.78 is 0. The molecule has 0 aliphatic heterocycles. The van der Waals surface area contributed by atoms with Gasteiger partial charge in [0.25, 0.3) is 0 Å². The number of nitrogens with one attached hydrogen (secondary N) is 2. The molecule has 92 valence electrons. The Morgan fingerprint density at radius 2 is 2.24 bits per heavy atom. The fourth-order valence-electron chi connectivity index (χ4n) is 1.23. The van der Waals surface area contributed by atoms with Crippen LogP contribution >= 0.6 is 23.2 Å². The summed E-state index contributed by atoms with van der Waals surface area (Å²) in [6, 6.07) is 4.66. The molecule has 0 aromatic heterocycles. The highest BCUT2D eigenvalue weighted by molar-refractivity contribution is 6.35. The van der Waals surface area contributed by atoms with E-state index in [0.717, 1.165) is 0 Å². The van der Waals surface area contributed by atoms with Crippen LogP contribution in [0.1, 0.15) is 6.92 Å². The maximum absolute atomic E-state index is 11.6. The lowest BCUT2D eigenvalue weighted by Gasteiger charge is -2.15. The van der Waals surface area contributed by atoms with E-state index in [9.17, 15) is 4.79 Å². The Labute approximate surface area is 111 Å². The quantitative estimate of drug-likeness (QED) is 0.809. The van der Waals surface area contributed by atoms with Gasteiger partial charge in [-0.2, -0.15) is 0 Å². The molecule has 0 aliphatic rings. The Morgan fingerprint density at radius 1 is 1.53 bits per heavy atom. The Balaban J connectivity index is 2.66. The van der Waals surface area contributed by atoms with Crippen LogP contribution in [0.2, 0.25) is 10.0 Å². The zero-order valence-electron chi connectivity index (χ0n) is 9.47. The lowest BCUT2D eigenvalue weighted by Crippen LogP contribution is -2.37. The van der Waals surface area contributed by atoms with Crippen LogP contribution in [-0.4, -0.2) is 18.5 Å². The first-order chi connectivity index (χ1) is 8.04. The molecular formula is C12H14Cl2N2O. The van der Waals surface area contributed by atoms with Crippen LogP contribution in [0.25, 0.3) is 0 Å². The first-order valence-electron chi connectivity index (χ1n) is 5.14. The van der Waals surface area contributed by atoms with Gasteiger partial charge in [0.1, 0.15) is 6.04 Å². The van der Waals surface area contributed by atoms with Crippen molar-refractivity contribution in [3.05, 3.63) is 40.9 Å². The normalized spacial score (nSPS) is 11.7. The SMILES string of the molecule is C=CCNC(=O)C(C)Nc1cc(Cl)ccc1Cl. The van der Waals surface area contributed by atoms with Crippen molar-refractivity contribution >= 4 is 34.8 Å². The number of carbonyl (C=O) groups is 1. The van der Waals surface area contributed by atoms with Gasteiger partial charge in [0, 0.05) is 11.6 Å². The van der Waals surface area contributed by atoms with Crippen molar-refractivity contribution in [3.8, 4) is 0 Å². The van der Waals surface area contributed by atoms with Crippen LogP contribution in [0.4, 0.5) is 5.69 Å². The molecule has 17 heavy (non-hydrogen) atoms. The molecule has 0 bridgehead atoms. The summed E-state index contributed by atoms with van der Waals surface area (Å²) in [6.07, 6.45) is 1.62. The molecule has 0 heterocycles. The summed E-state index contributed by atoms with van der Waals surface area (Å²) in [5, 5.41) is 6.78. The van der Waals surface area contributed by atoms with Crippen LogP contribution in [-0.2, 0) is 4.79 Å². The average Bonchev–Trinajstić information content (AvgIpc) is 2.30. The van der Waals surface area contributed by atoms with Gasteiger partial charge in [-0.25, -0.2) is 0 Å². The van der Waals surface area contributed by atoms with Crippen LogP contribution in [0.15, 0.2) is 30.9 Å². The third-order valence-corrected chi connectivity index (χ3v) is 2.68. The zero-order valence-corrected chi connectivity index (χ0v) is 11.0. The number of hydrogen-bond acceptors (Lipinski definition) is 2. The largest absolute Gasteiger partial charge is 0.373 e. The van der Waals surface area contributed by atoms with Gasteiger partial charge in [0.15, 0.2) is 0 Å². The first-order valence-corrected chi connectivity index (χ1v) is 5.90. The molecule has 5 heteroatoms. The van der Waals surface area contributed by atoms with Crippen LogP contribution in [0.3, 0.4) is 0 Å². The van der Waals surface area contributed by atoms with Crippen molar-refractivity contribution in [2.45, 2.75) is 13.0 Å². The molecule has 1 aromatic rings. The zero-order chi connectivity index (χ0) is 12.8. The van der Waals surface area contributed by atoms with Gasteiger partial charge in [-0.1, -0.05) is 29.3 Å². The minimum atomic E-state index is -0.397. The molecule has 3 nitrogen and oxygen atoms in total. The summed E-state index contributed by atoms with van der Waals surface area (Å²) in [5.74, 6) is -0.124. The summed E-state index contributed by atoms with van der Waals surface area (Å²) in [6.45, 7) is 5.71. The van der Waals surface area contributed by atoms with Gasteiger partial charge in [0.05, 0.1) is 10.7 Å². The molecule has 0 saturated carbocycles. The van der Waals surface area contributed by atoms with Gasteiger partial charge in [-0.15, -0.1) is 6.58 Å². The number of benzene rings is 1. The topological polar surface area (TPSA) is 41.1 Å². The third kappa shape index (κ3) is 4.29. The molecule has 1 amide bonds. The Hall–Kier alpha value is -1.19. The predicted octanol–water partition coefficient (Wildman–Crippen LogP) is 3.10. The van der Waals surface area contributed by atoms with E-state index >= 15 is 0 Å². The average molecular weight is 273 g/mol. The van der Waals surface area contributed by atoms with Crippen molar-refractivity contribution < 1.29 is 4.79 Å². The van der Waals surface area contributed by atoms with Crippen molar-refractivity contribution in [2.24, 2.45) is 0 Å². The van der Waals surface area contributed by atoms with Crippen molar-refractivity contribution in [1.82, 2.24) is 5.32 Å². The van der Waals surface area contributed by atoms with E-state index in [1.54, 1.807) is 31.2 Å². The second-order valence-corrected chi connectivity index (χ2v) is 4.37. The van der Waals surface area contributed by atoms with E-state index < -0.39 is 6.04 Å². The lowest BCUT2D eigenvalue weighted by molar-refractivity contribution is -0.121. The van der Waals surface area contributed by atoms with E-state index in [1.807, 2.05) is 0 Å². The van der Waals surface area contributed by atoms with Gasteiger partial charge in [0.2, 0.25) is 5.91 Å². The van der Waals surface area contributed by atoms with E-state index in [1.165, 1.54) is 0 Å². The molecule has 0 fully saturated rings. The minimum Gasteiger partial charge on any atom is -0.373 e. The fourth-order valence-corrected chi connectivity index (χ4v) is 1.58. The molecule has 0 aliphatic carbocycles. The van der Waals surface area contributed by atoms with E-state index in [-0.39, 0.29) is 5.91 Å². The Kier molecular flexibility index (Phi) is 5.32. The molecule has 0 radical (unpaired) electrons. The molecule has 1 rings (SSSR count). The first kappa shape index (κ1) is 13.9. The van der Waals surface area contributed by atoms with Gasteiger partial charge >= 0.3 is 0 Å². The lowest BCUT2D eigenvalue weighted by atomic mass is 10.2. The highest BCUT2D eigenvalue weighted by Crippen LogP contribution is 2.25. The second-order valence-electron chi connectivity index (χ2n) is 3.52. The maximum atomic E-state index is 11.6. The fraction of sp³-hybridized carbons (Fsp3) is 0.250. The number of amides is 1. The minimum absolute atomic E-state index is 0.124. The summed E-state index contributed by atoms with van der Waals surface area (Å²) in [7, 11) is 0. The standard InChI is InChI=1S/C12H14Cl2N2O/c1-3-6-15-12(17)8(2)16-11-7-9(13)4-5-10(11)14/h3-5,7-8,16H,1,6H2,2H3,(H,15,17). The smallest absolute Gasteiger partial charge is 0.242 e. The number of rotatable bonds is 5. The number of hydrogen-bond donors (Lipinski definition) is 2. The summed E-state index contributed by atoms with van der Waals surface area (Å²) in [5.41, 5.74) is 0.639. The highest BCUT2D eigenvalue weighted by atomic mass is 35.5. The number of halogens is 2. The summed E-state index contributed by atoms with van der Waals surface area (Å²) >= 11 is 11.8. The van der Waals surface area contributed by atoms with E-state index in [4.69, 9.17) is 23.2 Å². The second kappa shape index (κ2) is 6.52. The van der Waals surface area contributed by atoms with Crippen LogP contribution in [0.5, 0.6) is 0 Å². The Morgan fingerprint density at radius 3 is 2.88 bits per heavy atom. The molecule has 1 atom stereocenters. The van der Waals surface area contributed by atoms with Crippen molar-refractivity contribution in [3.63, 3.8) is 0 Å². The Bertz CT molecular complexity index is 421. The van der Waals surface area contributed by atoms with Gasteiger partial charge in [-0.3, -0.25) is 4.79 Å². The van der Waals surface area contributed by atoms with Gasteiger partial charge in [-0.05, 0) is 25.1 Å². The van der Waals surface area contributed by atoms with Crippen molar-refractivity contribution in [1.29, 1.82) is 0 Å². The maximum Gasteiger partial charge on any atom is 0.242 e. The number of carbonyl (C=O) groups excluding carboxylic acids is 1. The number of anilines is 1. The summed E-state index contributed by atoms with van der Waals surface area (Å²) in [4.78, 5) is 11.6. The molecule has 2 N–H and O–H groups in total. The van der Waals surface area contributed by atoms with E-state index in [2.05, 4.69) is 17.2 Å². The third-order valence-electron chi connectivity index (χ3n) is 2.11. The van der Waals surface area contributed by atoms with Crippen LogP contribution in [0, 0.1) is 0 Å². The molecular weight excluding hydrogens is 259 g/mol. The highest BCUT2D eigenvalue weighted by Gasteiger charge is 2.13. The monoisotopic (exact) mass is 272 g/mol. The predicted molar refractivity (Wildman–Crippen MR) is 72.8 cm³/mol.